The number of fused-ring (bicyclic) bond motifs is 4. The summed E-state index contributed by atoms with van der Waals surface area (Å²) in [5, 5.41) is 9.86. The predicted octanol–water partition coefficient (Wildman–Crippen LogP) is 2.09. The number of para-hydroxylation sites is 2. The number of pyridine rings is 1. The van der Waals surface area contributed by atoms with E-state index in [0.717, 1.165) is 28.0 Å². The first kappa shape index (κ1) is 19.0. The highest BCUT2D eigenvalue weighted by Gasteiger charge is 2.32. The molecule has 9 heteroatoms. The zero-order valence-electron chi connectivity index (χ0n) is 15.1. The Balaban J connectivity index is 0.00000192. The summed E-state index contributed by atoms with van der Waals surface area (Å²) >= 11 is 0. The fraction of sp³-hybridized carbons (Fsp3) is 0.368. The third-order valence-electron chi connectivity index (χ3n) is 5.38. The predicted molar refractivity (Wildman–Crippen MR) is 109 cm³/mol. The molecule has 2 aromatic heterocycles. The number of hydrogen-bond acceptors (Lipinski definition) is 6. The van der Waals surface area contributed by atoms with Crippen molar-refractivity contribution < 1.29 is 13.2 Å². The third-order valence-corrected chi connectivity index (χ3v) is 6.94. The molecule has 2 aliphatic heterocycles. The molecule has 0 unspecified atom stereocenters. The molecule has 0 atom stereocenters. The Hall–Kier alpha value is -2.34. The van der Waals surface area contributed by atoms with Crippen LogP contribution in [0.1, 0.15) is 16.7 Å². The van der Waals surface area contributed by atoms with Crippen LogP contribution in [-0.2, 0) is 26.7 Å². The molecule has 5 rings (SSSR count). The van der Waals surface area contributed by atoms with Crippen molar-refractivity contribution in [3.8, 4) is 6.07 Å². The van der Waals surface area contributed by atoms with E-state index in [1.807, 2.05) is 28.7 Å². The van der Waals surface area contributed by atoms with Crippen LogP contribution >= 0.6 is 12.4 Å². The number of halogens is 1. The van der Waals surface area contributed by atoms with E-state index in [4.69, 9.17) is 9.72 Å². The molecule has 2 aliphatic rings. The van der Waals surface area contributed by atoms with E-state index in [1.54, 1.807) is 0 Å². The first-order valence-corrected chi connectivity index (χ1v) is 10.8. The largest absolute Gasteiger partial charge is 0.378 e. The van der Waals surface area contributed by atoms with Gasteiger partial charge in [-0.1, -0.05) is 12.1 Å². The third kappa shape index (κ3) is 2.82. The molecule has 0 radical (unpaired) electrons. The number of sulfone groups is 1. The van der Waals surface area contributed by atoms with Gasteiger partial charge in [-0.15, -0.1) is 12.4 Å². The molecule has 0 bridgehead atoms. The van der Waals surface area contributed by atoms with Crippen LogP contribution in [0.5, 0.6) is 0 Å². The minimum absolute atomic E-state index is 0. The Kier molecular flexibility index (Phi) is 4.70. The molecule has 1 fully saturated rings. The van der Waals surface area contributed by atoms with E-state index in [-0.39, 0.29) is 23.9 Å². The Labute approximate surface area is 168 Å². The van der Waals surface area contributed by atoms with E-state index in [2.05, 4.69) is 11.0 Å². The van der Waals surface area contributed by atoms with Gasteiger partial charge < -0.3 is 9.64 Å². The second-order valence-corrected chi connectivity index (χ2v) is 9.15. The molecule has 3 aromatic rings. The van der Waals surface area contributed by atoms with Crippen LogP contribution in [0.25, 0.3) is 16.7 Å². The Morgan fingerprint density at radius 3 is 2.64 bits per heavy atom. The van der Waals surface area contributed by atoms with Crippen molar-refractivity contribution in [1.29, 1.82) is 5.26 Å². The lowest BCUT2D eigenvalue weighted by Crippen LogP contribution is -2.39. The average molecular weight is 419 g/mol. The summed E-state index contributed by atoms with van der Waals surface area (Å²) in [6.45, 7) is 2.55. The Morgan fingerprint density at radius 1 is 1.14 bits per heavy atom. The van der Waals surface area contributed by atoms with Crippen LogP contribution in [0.3, 0.4) is 0 Å². The standard InChI is InChI=1S/C19H18N4O3S.ClH/c20-11-14-13-5-10-27(24,25)12-15(13)19(22-6-8-26-9-7-22)23-17-4-2-1-3-16(17)21-18(14)23;/h1-4H,5-10,12H2;1H. The summed E-state index contributed by atoms with van der Waals surface area (Å²) in [5.41, 5.74) is 4.36. The minimum Gasteiger partial charge on any atom is -0.378 e. The van der Waals surface area contributed by atoms with E-state index in [9.17, 15) is 13.7 Å². The SMILES string of the molecule is Cl.N#Cc1c2c(c(N3CCOCC3)n3c1nc1ccccc13)CS(=O)(=O)CC2. The fourth-order valence-electron chi connectivity index (χ4n) is 4.17. The summed E-state index contributed by atoms with van der Waals surface area (Å²) in [6, 6.07) is 10.0. The summed E-state index contributed by atoms with van der Waals surface area (Å²) in [7, 11) is -3.19. The van der Waals surface area contributed by atoms with Gasteiger partial charge in [0.05, 0.1) is 41.3 Å². The highest BCUT2D eigenvalue weighted by Crippen LogP contribution is 2.37. The molecule has 28 heavy (non-hydrogen) atoms. The maximum absolute atomic E-state index is 12.4. The molecular formula is C19H19ClN4O3S. The molecule has 1 saturated heterocycles. The van der Waals surface area contributed by atoms with Crippen LogP contribution < -0.4 is 4.90 Å². The molecule has 1 aromatic carbocycles. The van der Waals surface area contributed by atoms with Crippen LogP contribution in [0.15, 0.2) is 24.3 Å². The number of rotatable bonds is 1. The second-order valence-electron chi connectivity index (χ2n) is 6.97. The monoisotopic (exact) mass is 418 g/mol. The van der Waals surface area contributed by atoms with Gasteiger partial charge >= 0.3 is 0 Å². The maximum atomic E-state index is 12.4. The van der Waals surface area contributed by atoms with Crippen molar-refractivity contribution in [1.82, 2.24) is 9.38 Å². The summed E-state index contributed by atoms with van der Waals surface area (Å²) < 4.78 is 32.3. The average Bonchev–Trinajstić information content (AvgIpc) is 3.05. The van der Waals surface area contributed by atoms with Crippen LogP contribution in [-0.4, -0.2) is 49.9 Å². The van der Waals surface area contributed by atoms with Crippen molar-refractivity contribution in [3.05, 3.63) is 41.0 Å². The van der Waals surface area contributed by atoms with Gasteiger partial charge in [0.2, 0.25) is 0 Å². The Morgan fingerprint density at radius 2 is 1.89 bits per heavy atom. The molecular weight excluding hydrogens is 400 g/mol. The highest BCUT2D eigenvalue weighted by atomic mass is 35.5. The fourth-order valence-corrected chi connectivity index (χ4v) is 5.57. The van der Waals surface area contributed by atoms with Crippen LogP contribution in [0.4, 0.5) is 5.82 Å². The van der Waals surface area contributed by atoms with Crippen molar-refractivity contribution >= 4 is 44.7 Å². The number of morpholine rings is 1. The van der Waals surface area contributed by atoms with E-state index in [1.165, 1.54) is 0 Å². The van der Waals surface area contributed by atoms with Gasteiger partial charge in [0.1, 0.15) is 11.9 Å². The topological polar surface area (TPSA) is 87.7 Å². The number of hydrogen-bond donors (Lipinski definition) is 0. The van der Waals surface area contributed by atoms with Crippen molar-refractivity contribution in [3.63, 3.8) is 0 Å². The smallest absolute Gasteiger partial charge is 0.157 e. The summed E-state index contributed by atoms with van der Waals surface area (Å²) in [5.74, 6) is 0.888. The molecule has 7 nitrogen and oxygen atoms in total. The van der Waals surface area contributed by atoms with Gasteiger partial charge in [-0.2, -0.15) is 5.26 Å². The number of aromatic nitrogens is 2. The van der Waals surface area contributed by atoms with E-state index in [0.29, 0.717) is 43.9 Å². The van der Waals surface area contributed by atoms with Gasteiger partial charge in [0.15, 0.2) is 15.5 Å². The van der Waals surface area contributed by atoms with Crippen LogP contribution in [0.2, 0.25) is 0 Å². The Bertz CT molecular complexity index is 1220. The molecule has 0 amide bonds. The molecule has 0 aliphatic carbocycles. The van der Waals surface area contributed by atoms with Crippen molar-refractivity contribution in [2.75, 3.05) is 37.0 Å². The molecule has 146 valence electrons. The van der Waals surface area contributed by atoms with E-state index >= 15 is 0 Å². The lowest BCUT2D eigenvalue weighted by atomic mass is 10.0. The first-order valence-electron chi connectivity index (χ1n) is 8.97. The molecule has 4 heterocycles. The van der Waals surface area contributed by atoms with Crippen LogP contribution in [0, 0.1) is 11.3 Å². The number of ether oxygens (including phenoxy) is 1. The zero-order chi connectivity index (χ0) is 18.6. The van der Waals surface area contributed by atoms with E-state index < -0.39 is 9.84 Å². The van der Waals surface area contributed by atoms with Crippen molar-refractivity contribution in [2.45, 2.75) is 12.2 Å². The summed E-state index contributed by atoms with van der Waals surface area (Å²) in [4.78, 5) is 6.89. The quantitative estimate of drug-likeness (QED) is 0.601. The number of imidazole rings is 1. The highest BCUT2D eigenvalue weighted by molar-refractivity contribution is 7.90. The van der Waals surface area contributed by atoms with Gasteiger partial charge in [-0.25, -0.2) is 13.4 Å². The maximum Gasteiger partial charge on any atom is 0.157 e. The molecule has 0 N–H and O–H groups in total. The lowest BCUT2D eigenvalue weighted by molar-refractivity contribution is 0.122. The molecule has 0 spiro atoms. The zero-order valence-corrected chi connectivity index (χ0v) is 16.7. The number of benzene rings is 1. The molecule has 0 saturated carbocycles. The lowest BCUT2D eigenvalue weighted by Gasteiger charge is -2.33. The number of nitrogens with zero attached hydrogens (tertiary/aromatic N) is 4. The van der Waals surface area contributed by atoms with Gasteiger partial charge in [0.25, 0.3) is 0 Å². The van der Waals surface area contributed by atoms with Gasteiger partial charge in [-0.05, 0) is 24.1 Å². The number of anilines is 1. The second kappa shape index (κ2) is 6.92. The first-order chi connectivity index (χ1) is 13.1. The normalized spacial score (nSPS) is 18.5. The van der Waals surface area contributed by atoms with Gasteiger partial charge in [-0.3, -0.25) is 4.40 Å². The van der Waals surface area contributed by atoms with Gasteiger partial charge in [0, 0.05) is 18.7 Å². The number of nitriles is 1. The van der Waals surface area contributed by atoms with Crippen molar-refractivity contribution in [2.24, 2.45) is 0 Å². The summed E-state index contributed by atoms with van der Waals surface area (Å²) in [6.07, 6.45) is 0.359. The minimum atomic E-state index is -3.19.